The zero-order chi connectivity index (χ0) is 9.97. The summed E-state index contributed by atoms with van der Waals surface area (Å²) in [6, 6.07) is 9.50. The van der Waals surface area contributed by atoms with Crippen molar-refractivity contribution >= 4 is 17.7 Å². The molecule has 0 aliphatic carbocycles. The van der Waals surface area contributed by atoms with Crippen LogP contribution in [-0.4, -0.2) is 5.90 Å². The van der Waals surface area contributed by atoms with E-state index in [9.17, 15) is 0 Å². The SMILES string of the molecule is CC1=Cc2ccccc2N=C(C#N)O1. The summed E-state index contributed by atoms with van der Waals surface area (Å²) in [5.74, 6) is 0.763. The maximum absolute atomic E-state index is 8.73. The Bertz CT molecular complexity index is 466. The van der Waals surface area contributed by atoms with Gasteiger partial charge in [0.05, 0.1) is 5.69 Å². The van der Waals surface area contributed by atoms with Crippen LogP contribution in [0.5, 0.6) is 0 Å². The minimum atomic E-state index is 0.0868. The van der Waals surface area contributed by atoms with Crippen LogP contribution in [0, 0.1) is 11.3 Å². The quantitative estimate of drug-likeness (QED) is 0.622. The molecule has 1 heterocycles. The molecule has 68 valence electrons. The highest BCUT2D eigenvalue weighted by Gasteiger charge is 2.08. The Morgan fingerprint density at radius 3 is 2.93 bits per heavy atom. The lowest BCUT2D eigenvalue weighted by Gasteiger charge is -1.97. The molecule has 0 atom stereocenters. The molecule has 14 heavy (non-hydrogen) atoms. The number of rotatable bonds is 0. The van der Waals surface area contributed by atoms with Crippen LogP contribution in [0.2, 0.25) is 0 Å². The molecule has 1 aliphatic rings. The number of nitriles is 1. The molecule has 0 radical (unpaired) electrons. The van der Waals surface area contributed by atoms with Gasteiger partial charge in [-0.1, -0.05) is 18.2 Å². The Morgan fingerprint density at radius 1 is 1.36 bits per heavy atom. The minimum absolute atomic E-state index is 0.0868. The molecule has 0 unspecified atom stereocenters. The molecule has 2 rings (SSSR count). The van der Waals surface area contributed by atoms with Crippen molar-refractivity contribution in [3.63, 3.8) is 0 Å². The number of fused-ring (bicyclic) bond motifs is 1. The number of ether oxygens (including phenoxy) is 1. The lowest BCUT2D eigenvalue weighted by Crippen LogP contribution is -1.97. The van der Waals surface area contributed by atoms with Crippen LogP contribution in [0.15, 0.2) is 35.0 Å². The van der Waals surface area contributed by atoms with Gasteiger partial charge in [-0.2, -0.15) is 5.26 Å². The van der Waals surface area contributed by atoms with Gasteiger partial charge in [-0.05, 0) is 19.1 Å². The molecule has 0 fully saturated rings. The number of benzene rings is 1. The first-order valence-electron chi connectivity index (χ1n) is 4.23. The molecule has 1 aromatic rings. The summed E-state index contributed by atoms with van der Waals surface area (Å²) in [6.45, 7) is 1.80. The van der Waals surface area contributed by atoms with Crippen molar-refractivity contribution in [2.75, 3.05) is 0 Å². The third kappa shape index (κ3) is 1.50. The predicted molar refractivity (Wildman–Crippen MR) is 53.9 cm³/mol. The van der Waals surface area contributed by atoms with Crippen molar-refractivity contribution in [3.8, 4) is 6.07 Å². The topological polar surface area (TPSA) is 45.4 Å². The van der Waals surface area contributed by atoms with E-state index in [1.54, 1.807) is 6.92 Å². The summed E-state index contributed by atoms with van der Waals surface area (Å²) < 4.78 is 5.19. The van der Waals surface area contributed by atoms with Gasteiger partial charge >= 0.3 is 5.90 Å². The molecule has 0 aromatic heterocycles. The van der Waals surface area contributed by atoms with Crippen molar-refractivity contribution < 1.29 is 4.74 Å². The van der Waals surface area contributed by atoms with Gasteiger partial charge in [0.1, 0.15) is 5.76 Å². The van der Waals surface area contributed by atoms with Crippen LogP contribution in [0.4, 0.5) is 5.69 Å². The van der Waals surface area contributed by atoms with E-state index < -0.39 is 0 Å². The first kappa shape index (κ1) is 8.52. The molecule has 0 spiro atoms. The number of hydrogen-bond acceptors (Lipinski definition) is 3. The summed E-state index contributed by atoms with van der Waals surface area (Å²) >= 11 is 0. The van der Waals surface area contributed by atoms with Crippen molar-refractivity contribution in [1.82, 2.24) is 0 Å². The average molecular weight is 184 g/mol. The minimum Gasteiger partial charge on any atom is -0.436 e. The average Bonchev–Trinajstić information content (AvgIpc) is 2.35. The highest BCUT2D eigenvalue weighted by Crippen LogP contribution is 2.24. The van der Waals surface area contributed by atoms with Crippen molar-refractivity contribution in [3.05, 3.63) is 35.6 Å². The van der Waals surface area contributed by atoms with Gasteiger partial charge in [-0.25, -0.2) is 4.99 Å². The molecule has 0 bridgehead atoms. The molecule has 0 saturated heterocycles. The molecule has 3 nitrogen and oxygen atoms in total. The van der Waals surface area contributed by atoms with E-state index in [1.165, 1.54) is 0 Å². The Balaban J connectivity index is 2.61. The fraction of sp³-hybridized carbons (Fsp3) is 0.0909. The molecule has 1 aliphatic heterocycles. The van der Waals surface area contributed by atoms with E-state index in [1.807, 2.05) is 36.4 Å². The van der Waals surface area contributed by atoms with Gasteiger partial charge in [-0.15, -0.1) is 0 Å². The fourth-order valence-corrected chi connectivity index (χ4v) is 1.29. The molecule has 0 N–H and O–H groups in total. The van der Waals surface area contributed by atoms with Gasteiger partial charge in [-0.3, -0.25) is 0 Å². The van der Waals surface area contributed by atoms with E-state index in [0.29, 0.717) is 5.76 Å². The zero-order valence-electron chi connectivity index (χ0n) is 7.69. The standard InChI is InChI=1S/C11H8N2O/c1-8-6-9-4-2-3-5-10(9)13-11(7-12)14-8/h2-6H,1H3. The van der Waals surface area contributed by atoms with Crippen LogP contribution in [-0.2, 0) is 4.74 Å². The van der Waals surface area contributed by atoms with E-state index in [2.05, 4.69) is 4.99 Å². The van der Waals surface area contributed by atoms with Gasteiger partial charge in [0.15, 0.2) is 6.07 Å². The van der Waals surface area contributed by atoms with Crippen LogP contribution in [0.1, 0.15) is 12.5 Å². The summed E-state index contributed by atoms with van der Waals surface area (Å²) in [4.78, 5) is 4.09. The number of para-hydroxylation sites is 1. The summed E-state index contributed by atoms with van der Waals surface area (Å²) in [7, 11) is 0. The van der Waals surface area contributed by atoms with E-state index in [4.69, 9.17) is 10.00 Å². The van der Waals surface area contributed by atoms with Gasteiger partial charge < -0.3 is 4.74 Å². The van der Waals surface area contributed by atoms with E-state index >= 15 is 0 Å². The van der Waals surface area contributed by atoms with Crippen molar-refractivity contribution in [2.24, 2.45) is 4.99 Å². The van der Waals surface area contributed by atoms with Crippen molar-refractivity contribution in [2.45, 2.75) is 6.92 Å². The molecular formula is C11H8N2O. The molecule has 1 aromatic carbocycles. The van der Waals surface area contributed by atoms with Crippen LogP contribution < -0.4 is 0 Å². The Kier molecular flexibility index (Phi) is 2.04. The summed E-state index contributed by atoms with van der Waals surface area (Å²) in [5, 5.41) is 8.73. The van der Waals surface area contributed by atoms with Gasteiger partial charge in [0.2, 0.25) is 0 Å². The largest absolute Gasteiger partial charge is 0.436 e. The predicted octanol–water partition coefficient (Wildman–Crippen LogP) is 2.63. The Labute approximate surface area is 82.0 Å². The third-order valence-electron chi connectivity index (χ3n) is 1.87. The number of nitrogens with zero attached hydrogens (tertiary/aromatic N) is 2. The Hall–Kier alpha value is -2.08. The second-order valence-corrected chi connectivity index (χ2v) is 2.94. The fourth-order valence-electron chi connectivity index (χ4n) is 1.29. The summed E-state index contributed by atoms with van der Waals surface area (Å²) in [5.41, 5.74) is 1.73. The smallest absolute Gasteiger partial charge is 0.301 e. The highest BCUT2D eigenvalue weighted by atomic mass is 16.5. The maximum Gasteiger partial charge on any atom is 0.301 e. The summed E-state index contributed by atoms with van der Waals surface area (Å²) in [6.07, 6.45) is 1.86. The highest BCUT2D eigenvalue weighted by molar-refractivity contribution is 5.95. The number of hydrogen-bond donors (Lipinski definition) is 0. The van der Waals surface area contributed by atoms with E-state index in [0.717, 1.165) is 11.3 Å². The van der Waals surface area contributed by atoms with Crippen LogP contribution in [0.25, 0.3) is 6.08 Å². The van der Waals surface area contributed by atoms with Crippen LogP contribution >= 0.6 is 0 Å². The lowest BCUT2D eigenvalue weighted by molar-refractivity contribution is 0.429. The second kappa shape index (κ2) is 3.35. The van der Waals surface area contributed by atoms with Gasteiger partial charge in [0, 0.05) is 5.56 Å². The van der Waals surface area contributed by atoms with Crippen LogP contribution in [0.3, 0.4) is 0 Å². The molecular weight excluding hydrogens is 176 g/mol. The monoisotopic (exact) mass is 184 g/mol. The van der Waals surface area contributed by atoms with Gasteiger partial charge in [0.25, 0.3) is 0 Å². The zero-order valence-corrected chi connectivity index (χ0v) is 7.69. The normalized spacial score (nSPS) is 14.0. The first-order valence-corrected chi connectivity index (χ1v) is 4.23. The molecule has 0 saturated carbocycles. The third-order valence-corrected chi connectivity index (χ3v) is 1.87. The van der Waals surface area contributed by atoms with E-state index in [-0.39, 0.29) is 5.90 Å². The molecule has 0 amide bonds. The number of aliphatic imine (C=N–C) groups is 1. The van der Waals surface area contributed by atoms with Crippen molar-refractivity contribution in [1.29, 1.82) is 5.26 Å². The lowest BCUT2D eigenvalue weighted by atomic mass is 10.1. The Morgan fingerprint density at radius 2 is 2.14 bits per heavy atom. The number of allylic oxidation sites excluding steroid dienone is 1. The first-order chi connectivity index (χ1) is 6.79. The molecule has 3 heteroatoms. The second-order valence-electron chi connectivity index (χ2n) is 2.94. The maximum atomic E-state index is 8.73.